The molecule has 1 heterocycles. The average molecular weight is 206 g/mol. The Morgan fingerprint density at radius 3 is 2.47 bits per heavy atom. The smallest absolute Gasteiger partial charge is 0.246 e. The van der Waals surface area contributed by atoms with Gasteiger partial charge in [-0.3, -0.25) is 4.79 Å². The summed E-state index contributed by atoms with van der Waals surface area (Å²) in [5.74, 6) is -0.406. The van der Waals surface area contributed by atoms with Gasteiger partial charge in [-0.25, -0.2) is 4.39 Å². The van der Waals surface area contributed by atoms with Gasteiger partial charge < -0.3 is 10.6 Å². The van der Waals surface area contributed by atoms with Crippen LogP contribution in [0.25, 0.3) is 5.70 Å². The highest BCUT2D eigenvalue weighted by atomic mass is 19.1. The van der Waals surface area contributed by atoms with Crippen molar-refractivity contribution in [2.45, 2.75) is 0 Å². The Kier molecular flexibility index (Phi) is 2.67. The Hall–Kier alpha value is -1.84. The van der Waals surface area contributed by atoms with Crippen LogP contribution >= 0.6 is 0 Å². The molecule has 2 N–H and O–H groups in total. The maximum absolute atomic E-state index is 12.7. The van der Waals surface area contributed by atoms with Gasteiger partial charge in [0.05, 0.1) is 0 Å². The Morgan fingerprint density at radius 2 is 1.73 bits per heavy atom. The Morgan fingerprint density at radius 1 is 1.07 bits per heavy atom. The third-order valence-electron chi connectivity index (χ3n) is 2.17. The molecule has 0 saturated carbocycles. The first kappa shape index (κ1) is 9.71. The van der Waals surface area contributed by atoms with Crippen LogP contribution in [0.3, 0.4) is 0 Å². The summed E-state index contributed by atoms with van der Waals surface area (Å²) in [5.41, 5.74) is 1.54. The molecule has 1 aliphatic rings. The van der Waals surface area contributed by atoms with E-state index in [0.29, 0.717) is 13.1 Å². The van der Waals surface area contributed by atoms with Crippen molar-refractivity contribution in [3.63, 3.8) is 0 Å². The fourth-order valence-corrected chi connectivity index (χ4v) is 1.43. The van der Waals surface area contributed by atoms with Crippen molar-refractivity contribution in [1.82, 2.24) is 10.6 Å². The number of amides is 1. The first-order valence-electron chi connectivity index (χ1n) is 4.75. The molecule has 0 saturated heterocycles. The molecule has 2 rings (SSSR count). The zero-order valence-electron chi connectivity index (χ0n) is 8.09. The zero-order chi connectivity index (χ0) is 10.7. The molecule has 0 fully saturated rings. The van der Waals surface area contributed by atoms with Gasteiger partial charge in [0.15, 0.2) is 0 Å². The summed E-state index contributed by atoms with van der Waals surface area (Å²) >= 11 is 0. The maximum Gasteiger partial charge on any atom is 0.246 e. The summed E-state index contributed by atoms with van der Waals surface area (Å²) in [6.07, 6.45) is 1.49. The van der Waals surface area contributed by atoms with Gasteiger partial charge in [-0.1, -0.05) is 0 Å². The molecule has 1 amide bonds. The standard InChI is InChI=1S/C11H11FN2O/c12-9-3-1-8(2-4-9)10-7-11(15)14-6-5-13-10/h1-4,7,13H,5-6H2,(H,14,15). The van der Waals surface area contributed by atoms with E-state index in [1.165, 1.54) is 18.2 Å². The van der Waals surface area contributed by atoms with Gasteiger partial charge in [0.25, 0.3) is 0 Å². The van der Waals surface area contributed by atoms with Crippen molar-refractivity contribution in [2.75, 3.05) is 13.1 Å². The van der Waals surface area contributed by atoms with Gasteiger partial charge in [-0.05, 0) is 29.8 Å². The number of carbonyl (C=O) groups is 1. The first-order valence-corrected chi connectivity index (χ1v) is 4.75. The predicted octanol–water partition coefficient (Wildman–Crippen LogP) is 0.886. The topological polar surface area (TPSA) is 41.1 Å². The lowest BCUT2D eigenvalue weighted by Gasteiger charge is -2.07. The molecule has 1 aromatic carbocycles. The van der Waals surface area contributed by atoms with Crippen LogP contribution in [0, 0.1) is 5.82 Å². The molecule has 0 atom stereocenters. The van der Waals surface area contributed by atoms with E-state index in [4.69, 9.17) is 0 Å². The van der Waals surface area contributed by atoms with Gasteiger partial charge in [-0.15, -0.1) is 0 Å². The van der Waals surface area contributed by atoms with Crippen LogP contribution in [-0.4, -0.2) is 19.0 Å². The minimum Gasteiger partial charge on any atom is -0.383 e. The minimum atomic E-state index is -0.280. The number of hydrogen-bond donors (Lipinski definition) is 2. The van der Waals surface area contributed by atoms with E-state index < -0.39 is 0 Å². The molecule has 78 valence electrons. The van der Waals surface area contributed by atoms with Crippen LogP contribution < -0.4 is 10.6 Å². The Balaban J connectivity index is 2.28. The second-order valence-electron chi connectivity index (χ2n) is 3.28. The quantitative estimate of drug-likeness (QED) is 0.716. The predicted molar refractivity (Wildman–Crippen MR) is 55.4 cm³/mol. The lowest BCUT2D eigenvalue weighted by atomic mass is 10.1. The van der Waals surface area contributed by atoms with Crippen LogP contribution in [0.2, 0.25) is 0 Å². The average Bonchev–Trinajstić information content (AvgIpc) is 2.44. The molecule has 15 heavy (non-hydrogen) atoms. The van der Waals surface area contributed by atoms with Crippen molar-refractivity contribution in [1.29, 1.82) is 0 Å². The van der Waals surface area contributed by atoms with Gasteiger partial charge in [0.1, 0.15) is 5.82 Å². The summed E-state index contributed by atoms with van der Waals surface area (Å²) in [6, 6.07) is 6.04. The van der Waals surface area contributed by atoms with Crippen molar-refractivity contribution >= 4 is 11.6 Å². The van der Waals surface area contributed by atoms with Crippen molar-refractivity contribution < 1.29 is 9.18 Å². The van der Waals surface area contributed by atoms with E-state index >= 15 is 0 Å². The number of benzene rings is 1. The van der Waals surface area contributed by atoms with Crippen molar-refractivity contribution in [3.05, 3.63) is 41.7 Å². The van der Waals surface area contributed by atoms with Gasteiger partial charge in [0.2, 0.25) is 5.91 Å². The molecule has 1 aromatic rings. The van der Waals surface area contributed by atoms with E-state index in [-0.39, 0.29) is 11.7 Å². The summed E-state index contributed by atoms with van der Waals surface area (Å²) < 4.78 is 12.7. The first-order chi connectivity index (χ1) is 7.25. The van der Waals surface area contributed by atoms with Crippen molar-refractivity contribution in [2.24, 2.45) is 0 Å². The van der Waals surface area contributed by atoms with E-state index in [1.807, 2.05) is 0 Å². The molecule has 0 unspecified atom stereocenters. The monoisotopic (exact) mass is 206 g/mol. The van der Waals surface area contributed by atoms with E-state index in [9.17, 15) is 9.18 Å². The van der Waals surface area contributed by atoms with Crippen LogP contribution in [-0.2, 0) is 4.79 Å². The molecule has 1 aliphatic heterocycles. The highest BCUT2D eigenvalue weighted by Crippen LogP contribution is 2.12. The number of nitrogens with one attached hydrogen (secondary N) is 2. The van der Waals surface area contributed by atoms with E-state index in [2.05, 4.69) is 10.6 Å². The lowest BCUT2D eigenvalue weighted by molar-refractivity contribution is -0.116. The third kappa shape index (κ3) is 2.34. The molecule has 3 nitrogen and oxygen atoms in total. The third-order valence-corrected chi connectivity index (χ3v) is 2.17. The minimum absolute atomic E-state index is 0.126. The normalized spacial score (nSPS) is 16.1. The number of carbonyl (C=O) groups excluding carboxylic acids is 1. The zero-order valence-corrected chi connectivity index (χ0v) is 8.09. The Bertz CT molecular complexity index is 398. The molecule has 0 radical (unpaired) electrons. The largest absolute Gasteiger partial charge is 0.383 e. The van der Waals surface area contributed by atoms with E-state index in [1.54, 1.807) is 12.1 Å². The molecule has 0 aliphatic carbocycles. The molecule has 0 spiro atoms. The number of halogens is 1. The molecular weight excluding hydrogens is 195 g/mol. The highest BCUT2D eigenvalue weighted by molar-refractivity contribution is 5.95. The summed E-state index contributed by atoms with van der Waals surface area (Å²) in [7, 11) is 0. The van der Waals surface area contributed by atoms with Crippen molar-refractivity contribution in [3.8, 4) is 0 Å². The lowest BCUT2D eigenvalue weighted by Crippen LogP contribution is -2.25. The van der Waals surface area contributed by atoms with Crippen LogP contribution in [0.15, 0.2) is 30.3 Å². The molecule has 4 heteroatoms. The SMILES string of the molecule is O=C1C=C(c2ccc(F)cc2)NCCN1. The summed E-state index contributed by atoms with van der Waals surface area (Å²) in [6.45, 7) is 1.27. The Labute approximate surface area is 87.0 Å². The fraction of sp³-hybridized carbons (Fsp3) is 0.182. The van der Waals surface area contributed by atoms with Crippen LogP contribution in [0.4, 0.5) is 4.39 Å². The van der Waals surface area contributed by atoms with Crippen LogP contribution in [0.5, 0.6) is 0 Å². The fourth-order valence-electron chi connectivity index (χ4n) is 1.43. The van der Waals surface area contributed by atoms with Gasteiger partial charge >= 0.3 is 0 Å². The highest BCUT2D eigenvalue weighted by Gasteiger charge is 2.08. The molecule has 0 aromatic heterocycles. The van der Waals surface area contributed by atoms with Crippen LogP contribution in [0.1, 0.15) is 5.56 Å². The van der Waals surface area contributed by atoms with E-state index in [0.717, 1.165) is 11.3 Å². The summed E-state index contributed by atoms with van der Waals surface area (Å²) in [4.78, 5) is 11.2. The summed E-state index contributed by atoms with van der Waals surface area (Å²) in [5, 5.41) is 5.81. The van der Waals surface area contributed by atoms with Gasteiger partial charge in [-0.2, -0.15) is 0 Å². The van der Waals surface area contributed by atoms with Gasteiger partial charge in [0, 0.05) is 24.9 Å². The maximum atomic E-state index is 12.7. The second kappa shape index (κ2) is 4.13. The second-order valence-corrected chi connectivity index (χ2v) is 3.28. The molecular formula is C11H11FN2O. The number of hydrogen-bond acceptors (Lipinski definition) is 2. The number of rotatable bonds is 1. The molecule has 0 bridgehead atoms.